The summed E-state index contributed by atoms with van der Waals surface area (Å²) < 4.78 is 0. The predicted molar refractivity (Wildman–Crippen MR) is 80.3 cm³/mol. The molecule has 4 nitrogen and oxygen atoms in total. The van der Waals surface area contributed by atoms with Gasteiger partial charge in [0.2, 0.25) is 5.91 Å². The Morgan fingerprint density at radius 1 is 1.25 bits per heavy atom. The van der Waals surface area contributed by atoms with Crippen molar-refractivity contribution in [2.24, 2.45) is 11.7 Å². The maximum absolute atomic E-state index is 12.0. The van der Waals surface area contributed by atoms with Crippen molar-refractivity contribution in [1.29, 1.82) is 0 Å². The molecule has 2 unspecified atom stereocenters. The quantitative estimate of drug-likeness (QED) is 0.745. The van der Waals surface area contributed by atoms with Crippen molar-refractivity contribution in [1.82, 2.24) is 10.2 Å². The fourth-order valence-electron chi connectivity index (χ4n) is 3.94. The molecule has 0 saturated heterocycles. The molecule has 1 amide bonds. The first-order valence-electron chi connectivity index (χ1n) is 8.45. The maximum atomic E-state index is 12.0. The molecule has 20 heavy (non-hydrogen) atoms. The maximum Gasteiger partial charge on any atom is 0.237 e. The molecule has 0 aliphatic heterocycles. The van der Waals surface area contributed by atoms with Gasteiger partial charge in [0.25, 0.3) is 0 Å². The molecule has 3 saturated carbocycles. The van der Waals surface area contributed by atoms with Gasteiger partial charge in [-0.25, -0.2) is 0 Å². The monoisotopic (exact) mass is 279 g/mol. The number of carbonyl (C=O) groups is 1. The Morgan fingerprint density at radius 3 is 2.55 bits per heavy atom. The third kappa shape index (κ3) is 3.01. The summed E-state index contributed by atoms with van der Waals surface area (Å²) in [7, 11) is 0. The summed E-state index contributed by atoms with van der Waals surface area (Å²) in [5.74, 6) is 0.783. The van der Waals surface area contributed by atoms with E-state index in [4.69, 9.17) is 5.73 Å². The summed E-state index contributed by atoms with van der Waals surface area (Å²) in [6.07, 6.45) is 9.71. The Morgan fingerprint density at radius 2 is 2.00 bits per heavy atom. The lowest BCUT2D eigenvalue weighted by atomic mass is 9.77. The molecular formula is C16H29N3O. The van der Waals surface area contributed by atoms with Crippen LogP contribution in [0.2, 0.25) is 0 Å². The highest BCUT2D eigenvalue weighted by Gasteiger charge is 2.45. The Bertz CT molecular complexity index is 361. The van der Waals surface area contributed by atoms with Crippen LogP contribution in [0.25, 0.3) is 0 Å². The van der Waals surface area contributed by atoms with Gasteiger partial charge in [-0.1, -0.05) is 6.92 Å². The minimum atomic E-state index is -0.450. The molecule has 0 aromatic carbocycles. The highest BCUT2D eigenvalue weighted by Crippen LogP contribution is 2.40. The third-order valence-corrected chi connectivity index (χ3v) is 5.36. The minimum absolute atomic E-state index is 0.147. The van der Waals surface area contributed by atoms with Gasteiger partial charge in [0.05, 0.1) is 5.54 Å². The van der Waals surface area contributed by atoms with E-state index in [1.54, 1.807) is 0 Å². The van der Waals surface area contributed by atoms with E-state index >= 15 is 0 Å². The van der Waals surface area contributed by atoms with Gasteiger partial charge >= 0.3 is 0 Å². The Hall–Kier alpha value is -0.610. The van der Waals surface area contributed by atoms with E-state index in [-0.39, 0.29) is 5.91 Å². The molecule has 0 aromatic rings. The van der Waals surface area contributed by atoms with Crippen LogP contribution in [0.4, 0.5) is 0 Å². The van der Waals surface area contributed by atoms with Gasteiger partial charge in [0.1, 0.15) is 0 Å². The van der Waals surface area contributed by atoms with Crippen molar-refractivity contribution in [2.45, 2.75) is 75.9 Å². The average Bonchev–Trinajstić information content (AvgIpc) is 3.29. The zero-order chi connectivity index (χ0) is 14.2. The van der Waals surface area contributed by atoms with Crippen molar-refractivity contribution in [3.8, 4) is 0 Å². The molecule has 3 N–H and O–H groups in total. The van der Waals surface area contributed by atoms with Crippen LogP contribution in [-0.4, -0.2) is 41.5 Å². The number of primary amides is 1. The first kappa shape index (κ1) is 14.3. The normalized spacial score (nSPS) is 34.4. The SMILES string of the molecule is CCNC1(C(N)=O)CCCC(N(CC2CC2)C2CC2)C1. The number of rotatable bonds is 7. The second kappa shape index (κ2) is 5.64. The van der Waals surface area contributed by atoms with Crippen LogP contribution in [0.1, 0.15) is 58.3 Å². The predicted octanol–water partition coefficient (Wildman–Crippen LogP) is 1.64. The van der Waals surface area contributed by atoms with Crippen molar-refractivity contribution in [2.75, 3.05) is 13.1 Å². The number of nitrogens with two attached hydrogens (primary N) is 1. The van der Waals surface area contributed by atoms with Crippen LogP contribution in [0.15, 0.2) is 0 Å². The lowest BCUT2D eigenvalue weighted by Crippen LogP contribution is -2.61. The molecule has 3 fully saturated rings. The van der Waals surface area contributed by atoms with Crippen LogP contribution >= 0.6 is 0 Å². The van der Waals surface area contributed by atoms with Crippen molar-refractivity contribution in [3.63, 3.8) is 0 Å². The molecule has 114 valence electrons. The van der Waals surface area contributed by atoms with E-state index in [0.29, 0.717) is 6.04 Å². The number of hydrogen-bond donors (Lipinski definition) is 2. The molecular weight excluding hydrogens is 250 g/mol. The summed E-state index contributed by atoms with van der Waals surface area (Å²) in [5.41, 5.74) is 5.29. The average molecular weight is 279 g/mol. The number of hydrogen-bond acceptors (Lipinski definition) is 3. The molecule has 2 atom stereocenters. The standard InChI is InChI=1S/C16H29N3O/c1-2-18-16(15(17)20)9-3-4-14(10-16)19(13-7-8-13)11-12-5-6-12/h12-14,18H,2-11H2,1H3,(H2,17,20). The van der Waals surface area contributed by atoms with Crippen LogP contribution in [-0.2, 0) is 4.79 Å². The van der Waals surface area contributed by atoms with Gasteiger partial charge < -0.3 is 11.1 Å². The summed E-state index contributed by atoms with van der Waals surface area (Å²) >= 11 is 0. The summed E-state index contributed by atoms with van der Waals surface area (Å²) in [5, 5.41) is 3.41. The molecule has 0 bridgehead atoms. The van der Waals surface area contributed by atoms with Crippen LogP contribution in [0.5, 0.6) is 0 Å². The van der Waals surface area contributed by atoms with Gasteiger partial charge in [-0.05, 0) is 63.8 Å². The topological polar surface area (TPSA) is 58.4 Å². The number of carbonyl (C=O) groups excluding carboxylic acids is 1. The number of amides is 1. The van der Waals surface area contributed by atoms with Gasteiger partial charge in [-0.2, -0.15) is 0 Å². The summed E-state index contributed by atoms with van der Waals surface area (Å²) in [6, 6.07) is 1.36. The first-order valence-corrected chi connectivity index (χ1v) is 8.45. The minimum Gasteiger partial charge on any atom is -0.368 e. The molecule has 0 radical (unpaired) electrons. The lowest BCUT2D eigenvalue weighted by molar-refractivity contribution is -0.126. The molecule has 0 spiro atoms. The first-order chi connectivity index (χ1) is 9.64. The molecule has 3 aliphatic carbocycles. The molecule has 0 heterocycles. The smallest absolute Gasteiger partial charge is 0.237 e. The molecule has 0 aromatic heterocycles. The fourth-order valence-corrected chi connectivity index (χ4v) is 3.94. The van der Waals surface area contributed by atoms with Crippen LogP contribution in [0.3, 0.4) is 0 Å². The Labute approximate surface area is 122 Å². The Kier molecular flexibility index (Phi) is 4.04. The van der Waals surface area contributed by atoms with E-state index in [0.717, 1.165) is 37.8 Å². The zero-order valence-corrected chi connectivity index (χ0v) is 12.7. The molecule has 3 aliphatic rings. The number of likely N-dealkylation sites (N-methyl/N-ethyl adjacent to an activating group) is 1. The van der Waals surface area contributed by atoms with Crippen molar-refractivity contribution < 1.29 is 4.79 Å². The van der Waals surface area contributed by atoms with Gasteiger partial charge in [-0.15, -0.1) is 0 Å². The number of nitrogens with zero attached hydrogens (tertiary/aromatic N) is 1. The molecule has 3 rings (SSSR count). The lowest BCUT2D eigenvalue weighted by Gasteiger charge is -2.44. The second-order valence-electron chi connectivity index (χ2n) is 7.10. The highest BCUT2D eigenvalue weighted by atomic mass is 16.1. The van der Waals surface area contributed by atoms with Gasteiger partial charge in [0, 0.05) is 18.6 Å². The highest BCUT2D eigenvalue weighted by molar-refractivity contribution is 5.84. The van der Waals surface area contributed by atoms with Gasteiger partial charge in [-0.3, -0.25) is 9.69 Å². The second-order valence-corrected chi connectivity index (χ2v) is 7.10. The van der Waals surface area contributed by atoms with Crippen LogP contribution < -0.4 is 11.1 Å². The van der Waals surface area contributed by atoms with E-state index in [1.807, 2.05) is 0 Å². The largest absolute Gasteiger partial charge is 0.368 e. The van der Waals surface area contributed by atoms with Gasteiger partial charge in [0.15, 0.2) is 0 Å². The van der Waals surface area contributed by atoms with E-state index in [1.165, 1.54) is 38.6 Å². The van der Waals surface area contributed by atoms with Crippen molar-refractivity contribution in [3.05, 3.63) is 0 Å². The summed E-state index contributed by atoms with van der Waals surface area (Å²) in [4.78, 5) is 14.7. The molecule has 4 heteroatoms. The zero-order valence-electron chi connectivity index (χ0n) is 12.7. The third-order valence-electron chi connectivity index (χ3n) is 5.36. The fraction of sp³-hybridized carbons (Fsp3) is 0.938. The van der Waals surface area contributed by atoms with E-state index in [2.05, 4.69) is 17.1 Å². The van der Waals surface area contributed by atoms with Crippen LogP contribution in [0, 0.1) is 5.92 Å². The van der Waals surface area contributed by atoms with E-state index in [9.17, 15) is 4.79 Å². The Balaban J connectivity index is 1.69. The van der Waals surface area contributed by atoms with E-state index < -0.39 is 5.54 Å². The van der Waals surface area contributed by atoms with Crippen molar-refractivity contribution >= 4 is 5.91 Å². The number of nitrogens with one attached hydrogen (secondary N) is 1. The summed E-state index contributed by atoms with van der Waals surface area (Å²) in [6.45, 7) is 4.15.